The minimum Gasteiger partial charge on any atom is -0.399 e. The Morgan fingerprint density at radius 2 is 1.92 bits per heavy atom. The summed E-state index contributed by atoms with van der Waals surface area (Å²) < 4.78 is 25.3. The summed E-state index contributed by atoms with van der Waals surface area (Å²) in [6.07, 6.45) is -0.542. The zero-order valence-electron chi connectivity index (χ0n) is 14.4. The smallest absolute Gasteiger partial charge is 0.399 e. The lowest BCUT2D eigenvalue weighted by Gasteiger charge is -2.32. The van der Waals surface area contributed by atoms with Gasteiger partial charge in [-0.2, -0.15) is 0 Å². The standard InChI is InChI=1S/C17H22BClFNO3/c1-16(2)17(3,4)24-18(23-16)13-6-5-11(9-14(13)19)15(22)21-8-7-12(20)10-21/h5-6,9,12H,7-8,10H2,1-4H3. The molecule has 0 spiro atoms. The van der Waals surface area contributed by atoms with Crippen molar-refractivity contribution in [3.8, 4) is 0 Å². The number of nitrogens with zero attached hydrogens (tertiary/aromatic N) is 1. The van der Waals surface area contributed by atoms with Gasteiger partial charge in [-0.05, 0) is 46.2 Å². The van der Waals surface area contributed by atoms with Crippen LogP contribution in [0, 0.1) is 0 Å². The van der Waals surface area contributed by atoms with Gasteiger partial charge in [-0.1, -0.05) is 17.7 Å². The van der Waals surface area contributed by atoms with Gasteiger partial charge in [0, 0.05) is 22.6 Å². The van der Waals surface area contributed by atoms with Gasteiger partial charge in [0.2, 0.25) is 0 Å². The first-order valence-electron chi connectivity index (χ1n) is 8.19. The van der Waals surface area contributed by atoms with Crippen molar-refractivity contribution in [2.45, 2.75) is 51.5 Å². The van der Waals surface area contributed by atoms with Gasteiger partial charge in [0.15, 0.2) is 0 Å². The van der Waals surface area contributed by atoms with Crippen LogP contribution in [0.3, 0.4) is 0 Å². The van der Waals surface area contributed by atoms with Crippen LogP contribution in [0.4, 0.5) is 4.39 Å². The number of carbonyl (C=O) groups excluding carboxylic acids is 1. The first kappa shape index (κ1) is 17.7. The van der Waals surface area contributed by atoms with Crippen molar-refractivity contribution in [3.63, 3.8) is 0 Å². The molecule has 0 saturated carbocycles. The summed E-state index contributed by atoms with van der Waals surface area (Å²) >= 11 is 6.37. The molecule has 0 N–H and O–H groups in total. The molecule has 2 aliphatic rings. The molecule has 130 valence electrons. The summed E-state index contributed by atoms with van der Waals surface area (Å²) in [6, 6.07) is 5.05. The van der Waals surface area contributed by atoms with E-state index in [1.807, 2.05) is 27.7 Å². The van der Waals surface area contributed by atoms with Crippen molar-refractivity contribution in [1.29, 1.82) is 0 Å². The van der Waals surface area contributed by atoms with Crippen molar-refractivity contribution in [2.75, 3.05) is 13.1 Å². The van der Waals surface area contributed by atoms with Crippen LogP contribution < -0.4 is 5.46 Å². The van der Waals surface area contributed by atoms with Crippen LogP contribution in [-0.4, -0.2) is 48.4 Å². The molecule has 2 heterocycles. The van der Waals surface area contributed by atoms with E-state index in [-0.39, 0.29) is 12.5 Å². The van der Waals surface area contributed by atoms with Crippen molar-refractivity contribution in [1.82, 2.24) is 4.90 Å². The third-order valence-electron chi connectivity index (χ3n) is 5.17. The van der Waals surface area contributed by atoms with Crippen LogP contribution in [0.25, 0.3) is 0 Å². The zero-order chi connectivity index (χ0) is 17.7. The van der Waals surface area contributed by atoms with Gasteiger partial charge in [0.05, 0.1) is 17.7 Å². The van der Waals surface area contributed by atoms with Crippen LogP contribution in [0.15, 0.2) is 18.2 Å². The second kappa shape index (κ2) is 6.01. The lowest BCUT2D eigenvalue weighted by atomic mass is 9.78. The predicted molar refractivity (Wildman–Crippen MR) is 92.6 cm³/mol. The molecule has 2 aliphatic heterocycles. The third kappa shape index (κ3) is 3.07. The summed E-state index contributed by atoms with van der Waals surface area (Å²) in [6.45, 7) is 8.48. The van der Waals surface area contributed by atoms with Gasteiger partial charge in [0.25, 0.3) is 5.91 Å². The molecule has 7 heteroatoms. The number of likely N-dealkylation sites (tertiary alicyclic amines) is 1. The minimum absolute atomic E-state index is 0.148. The van der Waals surface area contributed by atoms with Crippen molar-refractivity contribution in [3.05, 3.63) is 28.8 Å². The maximum Gasteiger partial charge on any atom is 0.496 e. The van der Waals surface area contributed by atoms with E-state index in [0.717, 1.165) is 0 Å². The largest absolute Gasteiger partial charge is 0.496 e. The Kier molecular flexibility index (Phi) is 4.43. The molecular formula is C17H22BClFNO3. The van der Waals surface area contributed by atoms with Gasteiger partial charge in [-0.3, -0.25) is 4.79 Å². The Labute approximate surface area is 147 Å². The highest BCUT2D eigenvalue weighted by Gasteiger charge is 2.52. The highest BCUT2D eigenvalue weighted by Crippen LogP contribution is 2.37. The van der Waals surface area contributed by atoms with Crippen molar-refractivity contribution in [2.24, 2.45) is 0 Å². The van der Waals surface area contributed by atoms with E-state index in [0.29, 0.717) is 29.0 Å². The molecule has 1 aromatic rings. The van der Waals surface area contributed by atoms with E-state index in [1.165, 1.54) is 4.90 Å². The summed E-state index contributed by atoms with van der Waals surface area (Å²) in [5.41, 5.74) is 0.230. The number of halogens is 2. The first-order chi connectivity index (χ1) is 11.1. The number of benzene rings is 1. The highest BCUT2D eigenvalue weighted by atomic mass is 35.5. The second-order valence-corrected chi connectivity index (χ2v) is 7.87. The average molecular weight is 354 g/mol. The predicted octanol–water partition coefficient (Wildman–Crippen LogP) is 2.82. The van der Waals surface area contributed by atoms with Crippen molar-refractivity contribution < 1.29 is 18.5 Å². The molecule has 0 radical (unpaired) electrons. The molecule has 0 aromatic heterocycles. The molecule has 24 heavy (non-hydrogen) atoms. The van der Waals surface area contributed by atoms with E-state index in [2.05, 4.69) is 0 Å². The van der Waals surface area contributed by atoms with E-state index in [4.69, 9.17) is 20.9 Å². The number of alkyl halides is 1. The number of hydrogen-bond donors (Lipinski definition) is 0. The van der Waals surface area contributed by atoms with Gasteiger partial charge in [-0.25, -0.2) is 4.39 Å². The minimum atomic E-state index is -0.937. The molecule has 1 atom stereocenters. The normalized spacial score (nSPS) is 25.3. The van der Waals surface area contributed by atoms with Crippen molar-refractivity contribution >= 4 is 30.1 Å². The Morgan fingerprint density at radius 3 is 2.42 bits per heavy atom. The fourth-order valence-electron chi connectivity index (χ4n) is 2.91. The van der Waals surface area contributed by atoms with Gasteiger partial charge >= 0.3 is 7.12 Å². The summed E-state index contributed by atoms with van der Waals surface area (Å²) in [5, 5.41) is 0.412. The fraction of sp³-hybridized carbons (Fsp3) is 0.588. The molecule has 2 fully saturated rings. The summed E-state index contributed by atoms with van der Waals surface area (Å²) in [7, 11) is -0.575. The van der Waals surface area contributed by atoms with Crippen LogP contribution >= 0.6 is 11.6 Å². The van der Waals surface area contributed by atoms with Gasteiger partial charge < -0.3 is 14.2 Å². The van der Waals surface area contributed by atoms with Crippen LogP contribution in [0.5, 0.6) is 0 Å². The zero-order valence-corrected chi connectivity index (χ0v) is 15.2. The van der Waals surface area contributed by atoms with E-state index in [9.17, 15) is 9.18 Å². The molecular weight excluding hydrogens is 331 g/mol. The lowest BCUT2D eigenvalue weighted by Crippen LogP contribution is -2.41. The summed E-state index contributed by atoms with van der Waals surface area (Å²) in [4.78, 5) is 13.9. The highest BCUT2D eigenvalue weighted by molar-refractivity contribution is 6.65. The monoisotopic (exact) mass is 353 g/mol. The number of carbonyl (C=O) groups is 1. The molecule has 1 amide bonds. The van der Waals surface area contributed by atoms with E-state index >= 15 is 0 Å². The second-order valence-electron chi connectivity index (χ2n) is 7.46. The van der Waals surface area contributed by atoms with Gasteiger partial charge in [-0.15, -0.1) is 0 Å². The first-order valence-corrected chi connectivity index (χ1v) is 8.57. The van der Waals surface area contributed by atoms with Crippen LogP contribution in [-0.2, 0) is 9.31 Å². The molecule has 0 bridgehead atoms. The maximum absolute atomic E-state index is 13.3. The van der Waals surface area contributed by atoms with Crippen LogP contribution in [0.1, 0.15) is 44.5 Å². The van der Waals surface area contributed by atoms with E-state index in [1.54, 1.807) is 18.2 Å². The number of hydrogen-bond acceptors (Lipinski definition) is 3. The Bertz CT molecular complexity index is 651. The topological polar surface area (TPSA) is 38.8 Å². The van der Waals surface area contributed by atoms with Gasteiger partial charge in [0.1, 0.15) is 6.17 Å². The molecule has 2 saturated heterocycles. The molecule has 1 aromatic carbocycles. The Morgan fingerprint density at radius 1 is 1.29 bits per heavy atom. The fourth-order valence-corrected chi connectivity index (χ4v) is 3.18. The quantitative estimate of drug-likeness (QED) is 0.768. The molecule has 4 nitrogen and oxygen atoms in total. The van der Waals surface area contributed by atoms with E-state index < -0.39 is 24.5 Å². The average Bonchev–Trinajstić information content (AvgIpc) is 2.99. The Hall–Kier alpha value is -1.11. The van der Waals surface area contributed by atoms with Crippen LogP contribution in [0.2, 0.25) is 5.02 Å². The molecule has 0 aliphatic carbocycles. The Balaban J connectivity index is 1.80. The SMILES string of the molecule is CC1(C)OB(c2ccc(C(=O)N3CCC(F)C3)cc2Cl)OC1(C)C. The maximum atomic E-state index is 13.3. The molecule has 3 rings (SSSR count). The number of amides is 1. The summed E-state index contributed by atoms with van der Waals surface area (Å²) in [5.74, 6) is -0.197. The molecule has 1 unspecified atom stereocenters. The third-order valence-corrected chi connectivity index (χ3v) is 5.50. The number of rotatable bonds is 2. The lowest BCUT2D eigenvalue weighted by molar-refractivity contribution is 0.00578.